The van der Waals surface area contributed by atoms with Gasteiger partial charge in [0.2, 0.25) is 0 Å². The fraction of sp³-hybridized carbons (Fsp3) is 0.500. The van der Waals surface area contributed by atoms with Crippen LogP contribution in [0, 0.1) is 0 Å². The lowest BCUT2D eigenvalue weighted by atomic mass is 10.2. The number of hydrogen-bond acceptors (Lipinski definition) is 3. The second kappa shape index (κ2) is 6.30. The average molecular weight is 209 g/mol. The van der Waals surface area contributed by atoms with E-state index in [1.165, 1.54) is 0 Å². The molecule has 0 bridgehead atoms. The van der Waals surface area contributed by atoms with Crippen molar-refractivity contribution in [1.29, 1.82) is 0 Å². The summed E-state index contributed by atoms with van der Waals surface area (Å²) >= 11 is 0. The molecule has 0 heterocycles. The van der Waals surface area contributed by atoms with Gasteiger partial charge in [-0.2, -0.15) is 0 Å². The van der Waals surface area contributed by atoms with Crippen LogP contribution in [0.15, 0.2) is 24.3 Å². The highest BCUT2D eigenvalue weighted by Crippen LogP contribution is 2.16. The maximum Gasteiger partial charge on any atom is 0.119 e. The Morgan fingerprint density at radius 3 is 2.40 bits per heavy atom. The molecule has 0 saturated heterocycles. The monoisotopic (exact) mass is 209 g/mol. The van der Waals surface area contributed by atoms with E-state index in [4.69, 9.17) is 9.47 Å². The van der Waals surface area contributed by atoms with Crippen molar-refractivity contribution >= 4 is 5.69 Å². The zero-order valence-corrected chi connectivity index (χ0v) is 9.62. The molecule has 0 aromatic heterocycles. The van der Waals surface area contributed by atoms with E-state index < -0.39 is 0 Å². The van der Waals surface area contributed by atoms with E-state index in [0.717, 1.165) is 24.5 Å². The van der Waals surface area contributed by atoms with E-state index in [1.807, 2.05) is 24.3 Å². The molecule has 0 aliphatic heterocycles. The summed E-state index contributed by atoms with van der Waals surface area (Å²) in [5, 5.41) is 3.39. The number of nitrogens with one attached hydrogen (secondary N) is 1. The molecule has 0 aliphatic rings. The molecule has 3 heteroatoms. The highest BCUT2D eigenvalue weighted by Gasteiger charge is 2.01. The van der Waals surface area contributed by atoms with Crippen LogP contribution in [0.25, 0.3) is 0 Å². The van der Waals surface area contributed by atoms with Crippen LogP contribution in [0.1, 0.15) is 13.3 Å². The van der Waals surface area contributed by atoms with Gasteiger partial charge in [0.1, 0.15) is 5.75 Å². The van der Waals surface area contributed by atoms with Gasteiger partial charge in [0.25, 0.3) is 0 Å². The van der Waals surface area contributed by atoms with E-state index in [-0.39, 0.29) is 0 Å². The highest BCUT2D eigenvalue weighted by atomic mass is 16.5. The number of hydrogen-bond donors (Lipinski definition) is 1. The minimum absolute atomic E-state index is 0.415. The van der Waals surface area contributed by atoms with Crippen LogP contribution in [-0.4, -0.2) is 26.9 Å². The molecule has 1 unspecified atom stereocenters. The summed E-state index contributed by atoms with van der Waals surface area (Å²) in [5.74, 6) is 0.880. The lowest BCUT2D eigenvalue weighted by Gasteiger charge is -2.14. The van der Waals surface area contributed by atoms with Gasteiger partial charge in [-0.15, -0.1) is 0 Å². The van der Waals surface area contributed by atoms with Gasteiger partial charge in [0.15, 0.2) is 0 Å². The van der Waals surface area contributed by atoms with Crippen molar-refractivity contribution in [2.75, 3.05) is 26.1 Å². The molecule has 0 spiro atoms. The van der Waals surface area contributed by atoms with Crippen molar-refractivity contribution in [2.45, 2.75) is 19.4 Å². The lowest BCUT2D eigenvalue weighted by Crippen LogP contribution is -2.16. The Bertz CT molecular complexity index is 271. The molecule has 0 amide bonds. The summed E-state index contributed by atoms with van der Waals surface area (Å²) in [5.41, 5.74) is 1.11. The SMILES string of the molecule is COCCC(C)Nc1ccc(OC)cc1. The lowest BCUT2D eigenvalue weighted by molar-refractivity contribution is 0.191. The highest BCUT2D eigenvalue weighted by molar-refractivity contribution is 5.46. The van der Waals surface area contributed by atoms with Crippen molar-refractivity contribution in [3.63, 3.8) is 0 Å². The summed E-state index contributed by atoms with van der Waals surface area (Å²) in [4.78, 5) is 0. The number of methoxy groups -OCH3 is 2. The Morgan fingerprint density at radius 2 is 1.87 bits per heavy atom. The normalized spacial score (nSPS) is 12.2. The van der Waals surface area contributed by atoms with E-state index in [1.54, 1.807) is 14.2 Å². The maximum atomic E-state index is 5.09. The predicted molar refractivity (Wildman–Crippen MR) is 62.6 cm³/mol. The number of benzene rings is 1. The van der Waals surface area contributed by atoms with Crippen molar-refractivity contribution < 1.29 is 9.47 Å². The molecule has 1 N–H and O–H groups in total. The topological polar surface area (TPSA) is 30.5 Å². The number of rotatable bonds is 6. The second-order valence-corrected chi connectivity index (χ2v) is 3.56. The van der Waals surface area contributed by atoms with Gasteiger partial charge < -0.3 is 14.8 Å². The molecular weight excluding hydrogens is 190 g/mol. The van der Waals surface area contributed by atoms with E-state index in [0.29, 0.717) is 6.04 Å². The first-order valence-corrected chi connectivity index (χ1v) is 5.15. The first kappa shape index (κ1) is 11.9. The van der Waals surface area contributed by atoms with Gasteiger partial charge in [0, 0.05) is 25.4 Å². The molecule has 1 atom stereocenters. The first-order chi connectivity index (χ1) is 7.26. The molecule has 0 fully saturated rings. The van der Waals surface area contributed by atoms with Crippen LogP contribution >= 0.6 is 0 Å². The minimum Gasteiger partial charge on any atom is -0.497 e. The fourth-order valence-electron chi connectivity index (χ4n) is 1.34. The Hall–Kier alpha value is -1.22. The van der Waals surface area contributed by atoms with Crippen LogP contribution in [0.2, 0.25) is 0 Å². The van der Waals surface area contributed by atoms with Gasteiger partial charge >= 0.3 is 0 Å². The van der Waals surface area contributed by atoms with Crippen molar-refractivity contribution in [1.82, 2.24) is 0 Å². The number of anilines is 1. The zero-order chi connectivity index (χ0) is 11.1. The quantitative estimate of drug-likeness (QED) is 0.781. The summed E-state index contributed by atoms with van der Waals surface area (Å²) in [7, 11) is 3.39. The summed E-state index contributed by atoms with van der Waals surface area (Å²) in [6.45, 7) is 2.92. The Balaban J connectivity index is 2.42. The summed E-state index contributed by atoms with van der Waals surface area (Å²) in [6.07, 6.45) is 1.00. The summed E-state index contributed by atoms with van der Waals surface area (Å²) < 4.78 is 10.1. The Morgan fingerprint density at radius 1 is 1.20 bits per heavy atom. The molecule has 0 saturated carbocycles. The smallest absolute Gasteiger partial charge is 0.119 e. The number of ether oxygens (including phenoxy) is 2. The van der Waals surface area contributed by atoms with E-state index >= 15 is 0 Å². The van der Waals surface area contributed by atoms with Crippen LogP contribution < -0.4 is 10.1 Å². The standard InChI is InChI=1S/C12H19NO2/c1-10(8-9-14-2)13-11-4-6-12(15-3)7-5-11/h4-7,10,13H,8-9H2,1-3H3. The van der Waals surface area contributed by atoms with Crippen molar-refractivity contribution in [3.8, 4) is 5.75 Å². The fourth-order valence-corrected chi connectivity index (χ4v) is 1.34. The van der Waals surface area contributed by atoms with E-state index in [9.17, 15) is 0 Å². The molecule has 0 radical (unpaired) electrons. The third-order valence-electron chi connectivity index (χ3n) is 2.26. The molecule has 1 aromatic carbocycles. The van der Waals surface area contributed by atoms with Crippen molar-refractivity contribution in [3.05, 3.63) is 24.3 Å². The average Bonchev–Trinajstić information content (AvgIpc) is 2.27. The van der Waals surface area contributed by atoms with Crippen molar-refractivity contribution in [2.24, 2.45) is 0 Å². The Labute approximate surface area is 91.4 Å². The van der Waals surface area contributed by atoms with Gasteiger partial charge in [0.05, 0.1) is 7.11 Å². The van der Waals surface area contributed by atoms with Gasteiger partial charge in [-0.1, -0.05) is 0 Å². The zero-order valence-electron chi connectivity index (χ0n) is 9.62. The molecule has 15 heavy (non-hydrogen) atoms. The molecule has 84 valence electrons. The third kappa shape index (κ3) is 4.21. The molecule has 1 aromatic rings. The van der Waals surface area contributed by atoms with Crippen LogP contribution in [0.5, 0.6) is 5.75 Å². The van der Waals surface area contributed by atoms with Gasteiger partial charge in [-0.3, -0.25) is 0 Å². The molecule has 3 nitrogen and oxygen atoms in total. The third-order valence-corrected chi connectivity index (χ3v) is 2.26. The first-order valence-electron chi connectivity index (χ1n) is 5.15. The van der Waals surface area contributed by atoms with Crippen LogP contribution in [0.4, 0.5) is 5.69 Å². The predicted octanol–water partition coefficient (Wildman–Crippen LogP) is 2.53. The van der Waals surface area contributed by atoms with Gasteiger partial charge in [-0.25, -0.2) is 0 Å². The minimum atomic E-state index is 0.415. The molecule has 1 rings (SSSR count). The van der Waals surface area contributed by atoms with Gasteiger partial charge in [-0.05, 0) is 37.6 Å². The molecular formula is C12H19NO2. The second-order valence-electron chi connectivity index (χ2n) is 3.56. The largest absolute Gasteiger partial charge is 0.497 e. The van der Waals surface area contributed by atoms with Crippen LogP contribution in [0.3, 0.4) is 0 Å². The Kier molecular flexibility index (Phi) is 4.98. The van der Waals surface area contributed by atoms with E-state index in [2.05, 4.69) is 12.2 Å². The van der Waals surface area contributed by atoms with Crippen LogP contribution in [-0.2, 0) is 4.74 Å². The maximum absolute atomic E-state index is 5.09. The molecule has 0 aliphatic carbocycles. The summed E-state index contributed by atoms with van der Waals surface area (Å²) in [6, 6.07) is 8.35.